The molecule has 40 heavy (non-hydrogen) atoms. The minimum absolute atomic E-state index is 0.116. The van der Waals surface area contributed by atoms with Crippen LogP contribution in [0.15, 0.2) is 95.7 Å². The number of amides is 4. The number of hydrogen-bond donors (Lipinski definition) is 3. The Labute approximate surface area is 242 Å². The Hall–Kier alpha value is -4.24. The Morgan fingerprint density at radius 3 is 2.42 bits per heavy atom. The number of carbonyl (C=O) groups is 3. The summed E-state index contributed by atoms with van der Waals surface area (Å²) in [6.07, 6.45) is 4.86. The van der Waals surface area contributed by atoms with Gasteiger partial charge in [0.25, 0.3) is 5.91 Å². The van der Waals surface area contributed by atoms with Gasteiger partial charge in [0, 0.05) is 43.5 Å². The fraction of sp³-hybridized carbons (Fsp3) is 0.226. The second-order valence-corrected chi connectivity index (χ2v) is 10.2. The number of benzene rings is 3. The fourth-order valence-electron chi connectivity index (χ4n) is 4.40. The zero-order valence-corrected chi connectivity index (χ0v) is 24.0. The summed E-state index contributed by atoms with van der Waals surface area (Å²) in [5.41, 5.74) is 2.01. The highest BCUT2D eigenvalue weighted by atomic mass is 79.9. The van der Waals surface area contributed by atoms with E-state index >= 15 is 0 Å². The minimum Gasteiger partial charge on any atom is -0.354 e. The molecule has 0 aliphatic heterocycles. The second-order valence-electron chi connectivity index (χ2n) is 9.28. The van der Waals surface area contributed by atoms with E-state index in [1.807, 2.05) is 89.8 Å². The van der Waals surface area contributed by atoms with E-state index in [0.29, 0.717) is 17.8 Å². The van der Waals surface area contributed by atoms with Crippen molar-refractivity contribution in [2.75, 3.05) is 29.9 Å². The van der Waals surface area contributed by atoms with E-state index in [9.17, 15) is 14.4 Å². The van der Waals surface area contributed by atoms with Gasteiger partial charge in [0.15, 0.2) is 12.4 Å². The van der Waals surface area contributed by atoms with Crippen LogP contribution in [0.4, 0.5) is 16.2 Å². The van der Waals surface area contributed by atoms with Crippen LogP contribution in [0, 0.1) is 0 Å². The van der Waals surface area contributed by atoms with Crippen molar-refractivity contribution in [3.63, 3.8) is 0 Å². The number of aryl methyl sites for hydroxylation is 1. The molecule has 8 nitrogen and oxygen atoms in total. The van der Waals surface area contributed by atoms with Crippen molar-refractivity contribution >= 4 is 55.9 Å². The Balaban J connectivity index is 1.29. The second kappa shape index (κ2) is 14.2. The van der Waals surface area contributed by atoms with E-state index < -0.39 is 0 Å². The topological polar surface area (TPSA) is 94.4 Å². The number of pyridine rings is 1. The normalized spacial score (nSPS) is 10.7. The van der Waals surface area contributed by atoms with E-state index in [1.54, 1.807) is 11.0 Å². The summed E-state index contributed by atoms with van der Waals surface area (Å²) in [5.74, 6) is -0.368. The lowest BCUT2D eigenvalue weighted by atomic mass is 10.1. The molecule has 0 spiro atoms. The summed E-state index contributed by atoms with van der Waals surface area (Å²) in [6.45, 7) is 3.63. The first kappa shape index (κ1) is 28.8. The monoisotopic (exact) mass is 602 g/mol. The maximum atomic E-state index is 13.5. The summed E-state index contributed by atoms with van der Waals surface area (Å²) >= 11 is 3.51. The average molecular weight is 604 g/mol. The van der Waals surface area contributed by atoms with Gasteiger partial charge in [-0.1, -0.05) is 61.5 Å². The molecule has 0 bridgehead atoms. The van der Waals surface area contributed by atoms with Crippen LogP contribution < -0.4 is 25.4 Å². The van der Waals surface area contributed by atoms with Crippen molar-refractivity contribution in [1.29, 1.82) is 0 Å². The highest BCUT2D eigenvalue weighted by Crippen LogP contribution is 2.23. The Kier molecular flexibility index (Phi) is 10.2. The Morgan fingerprint density at radius 1 is 0.875 bits per heavy atom. The summed E-state index contributed by atoms with van der Waals surface area (Å²) in [6, 6.07) is 24.3. The van der Waals surface area contributed by atoms with Gasteiger partial charge in [-0.15, -0.1) is 0 Å². The SMILES string of the molecule is CCC[n+]1cc(Br)cc(C(=O)N(CCNC(=O)CCNC(=O)Nc2cccc3ccccc23)c2ccccc2)c1. The molecule has 1 heterocycles. The molecule has 0 aliphatic rings. The summed E-state index contributed by atoms with van der Waals surface area (Å²) < 4.78 is 2.82. The maximum Gasteiger partial charge on any atom is 0.319 e. The van der Waals surface area contributed by atoms with E-state index in [0.717, 1.165) is 33.9 Å². The summed E-state index contributed by atoms with van der Waals surface area (Å²) in [4.78, 5) is 40.1. The third-order valence-electron chi connectivity index (χ3n) is 6.26. The van der Waals surface area contributed by atoms with Gasteiger partial charge >= 0.3 is 6.03 Å². The molecule has 0 fully saturated rings. The van der Waals surface area contributed by atoms with E-state index in [4.69, 9.17) is 0 Å². The Morgan fingerprint density at radius 2 is 1.62 bits per heavy atom. The molecule has 4 amide bonds. The molecule has 4 aromatic rings. The van der Waals surface area contributed by atoms with Crippen molar-refractivity contribution in [2.24, 2.45) is 0 Å². The van der Waals surface area contributed by atoms with Gasteiger partial charge < -0.3 is 20.9 Å². The van der Waals surface area contributed by atoms with Crippen LogP contribution >= 0.6 is 15.9 Å². The third-order valence-corrected chi connectivity index (χ3v) is 6.70. The maximum absolute atomic E-state index is 13.5. The highest BCUT2D eigenvalue weighted by molar-refractivity contribution is 9.10. The molecule has 4 rings (SSSR count). The van der Waals surface area contributed by atoms with Crippen molar-refractivity contribution in [2.45, 2.75) is 26.3 Å². The zero-order valence-electron chi connectivity index (χ0n) is 22.4. The van der Waals surface area contributed by atoms with E-state index in [-0.39, 0.29) is 37.4 Å². The van der Waals surface area contributed by atoms with Crippen LogP contribution in [-0.2, 0) is 11.3 Å². The van der Waals surface area contributed by atoms with Crippen LogP contribution in [-0.4, -0.2) is 37.5 Å². The largest absolute Gasteiger partial charge is 0.354 e. The number of urea groups is 1. The molecule has 0 saturated heterocycles. The number of rotatable bonds is 11. The number of halogens is 1. The van der Waals surface area contributed by atoms with Crippen molar-refractivity contribution < 1.29 is 19.0 Å². The first-order chi connectivity index (χ1) is 19.4. The van der Waals surface area contributed by atoms with Gasteiger partial charge in [-0.25, -0.2) is 9.36 Å². The number of carbonyl (C=O) groups excluding carboxylic acids is 3. The lowest BCUT2D eigenvalue weighted by Gasteiger charge is -2.23. The van der Waals surface area contributed by atoms with Crippen LogP contribution in [0.1, 0.15) is 30.1 Å². The molecule has 3 N–H and O–H groups in total. The summed E-state index contributed by atoms with van der Waals surface area (Å²) in [5, 5.41) is 10.4. The first-order valence-electron chi connectivity index (χ1n) is 13.3. The van der Waals surface area contributed by atoms with Gasteiger partial charge in [-0.05, 0) is 45.6 Å². The van der Waals surface area contributed by atoms with Crippen LogP contribution in [0.5, 0.6) is 0 Å². The smallest absolute Gasteiger partial charge is 0.319 e. The van der Waals surface area contributed by atoms with E-state index in [1.165, 1.54) is 0 Å². The van der Waals surface area contributed by atoms with Crippen molar-refractivity contribution in [3.05, 3.63) is 101 Å². The number of hydrogen-bond acceptors (Lipinski definition) is 3. The van der Waals surface area contributed by atoms with Gasteiger partial charge in [0.05, 0.1) is 10.2 Å². The van der Waals surface area contributed by atoms with Gasteiger partial charge in [-0.2, -0.15) is 0 Å². The van der Waals surface area contributed by atoms with Gasteiger partial charge in [-0.3, -0.25) is 9.59 Å². The molecule has 0 aliphatic carbocycles. The zero-order chi connectivity index (χ0) is 28.3. The minimum atomic E-state index is -0.376. The number of fused-ring (bicyclic) bond motifs is 1. The number of aromatic nitrogens is 1. The summed E-state index contributed by atoms with van der Waals surface area (Å²) in [7, 11) is 0. The number of anilines is 2. The molecular formula is C31H33BrN5O3+. The van der Waals surface area contributed by atoms with Gasteiger partial charge in [0.2, 0.25) is 5.91 Å². The molecule has 9 heteroatoms. The molecule has 0 radical (unpaired) electrons. The predicted molar refractivity (Wildman–Crippen MR) is 161 cm³/mol. The van der Waals surface area contributed by atoms with Crippen LogP contribution in [0.25, 0.3) is 10.8 Å². The van der Waals surface area contributed by atoms with Crippen molar-refractivity contribution in [1.82, 2.24) is 10.6 Å². The van der Waals surface area contributed by atoms with Gasteiger partial charge in [0.1, 0.15) is 12.1 Å². The molecule has 0 unspecified atom stereocenters. The Bertz CT molecular complexity index is 1470. The predicted octanol–water partition coefficient (Wildman–Crippen LogP) is 5.27. The fourth-order valence-corrected chi connectivity index (χ4v) is 4.91. The lowest BCUT2D eigenvalue weighted by molar-refractivity contribution is -0.697. The van der Waals surface area contributed by atoms with Crippen LogP contribution in [0.2, 0.25) is 0 Å². The molecule has 0 atom stereocenters. The lowest BCUT2D eigenvalue weighted by Crippen LogP contribution is -2.41. The van der Waals surface area contributed by atoms with Crippen LogP contribution in [0.3, 0.4) is 0 Å². The molecular weight excluding hydrogens is 570 g/mol. The highest BCUT2D eigenvalue weighted by Gasteiger charge is 2.21. The van der Waals surface area contributed by atoms with Crippen molar-refractivity contribution in [3.8, 4) is 0 Å². The first-order valence-corrected chi connectivity index (χ1v) is 14.1. The standard InChI is InChI=1S/C31H32BrN5O3/c1-2-18-36-21-24(20-25(32)22-36)30(39)37(26-11-4-3-5-12-26)19-17-33-29(38)15-16-34-31(40)35-28-14-8-10-23-9-6-7-13-27(23)28/h3-14,20-22H,2,15-19H2,1H3,(H2-,33,34,35,38,40)/p+1. The molecule has 1 aromatic heterocycles. The number of nitrogens with zero attached hydrogens (tertiary/aromatic N) is 2. The molecule has 206 valence electrons. The molecule has 0 saturated carbocycles. The number of nitrogens with one attached hydrogen (secondary N) is 3. The third kappa shape index (κ3) is 7.89. The number of para-hydroxylation sites is 1. The van der Waals surface area contributed by atoms with E-state index in [2.05, 4.69) is 38.8 Å². The quantitative estimate of drug-likeness (QED) is 0.204. The average Bonchev–Trinajstić information content (AvgIpc) is 2.95. The molecule has 3 aromatic carbocycles.